The Balaban J connectivity index is 1.60. The number of nitrogens with one attached hydrogen (secondary N) is 1. The first-order valence-corrected chi connectivity index (χ1v) is 9.44. The van der Waals surface area contributed by atoms with Crippen LogP contribution in [0.1, 0.15) is 24.0 Å². The second-order valence-electron chi connectivity index (χ2n) is 7.10. The van der Waals surface area contributed by atoms with Crippen LogP contribution in [0.25, 0.3) is 22.8 Å². The van der Waals surface area contributed by atoms with Gasteiger partial charge in [-0.15, -0.1) is 0 Å². The molecule has 0 radical (unpaired) electrons. The van der Waals surface area contributed by atoms with Gasteiger partial charge in [0.15, 0.2) is 11.6 Å². The third-order valence-electron chi connectivity index (χ3n) is 5.05. The Hall–Kier alpha value is -2.87. The van der Waals surface area contributed by atoms with Crippen LogP contribution in [-0.4, -0.2) is 40.3 Å². The minimum absolute atomic E-state index is 0.226. The van der Waals surface area contributed by atoms with Gasteiger partial charge < -0.3 is 4.74 Å². The van der Waals surface area contributed by atoms with Crippen LogP contribution >= 0.6 is 0 Å². The Morgan fingerprint density at radius 2 is 1.86 bits per heavy atom. The van der Waals surface area contributed by atoms with Crippen molar-refractivity contribution in [3.05, 3.63) is 53.6 Å². The number of alkyl halides is 3. The summed E-state index contributed by atoms with van der Waals surface area (Å²) < 4.78 is 44.7. The van der Waals surface area contributed by atoms with Gasteiger partial charge in [0, 0.05) is 17.7 Å². The Labute approximate surface area is 166 Å². The highest BCUT2D eigenvalue weighted by Crippen LogP contribution is 2.38. The molecule has 0 atom stereocenters. The Morgan fingerprint density at radius 1 is 1.07 bits per heavy atom. The lowest BCUT2D eigenvalue weighted by atomic mass is 10.1. The van der Waals surface area contributed by atoms with Gasteiger partial charge in [-0.1, -0.05) is 18.2 Å². The predicted molar refractivity (Wildman–Crippen MR) is 103 cm³/mol. The van der Waals surface area contributed by atoms with Gasteiger partial charge in [0.2, 0.25) is 0 Å². The van der Waals surface area contributed by atoms with E-state index >= 15 is 0 Å². The zero-order valence-corrected chi connectivity index (χ0v) is 16.0. The second-order valence-corrected chi connectivity index (χ2v) is 7.10. The number of methoxy groups -OCH3 is 1. The molecule has 0 saturated carbocycles. The quantitative estimate of drug-likeness (QED) is 0.669. The van der Waals surface area contributed by atoms with Gasteiger partial charge in [-0.3, -0.25) is 10.00 Å². The number of nitrogens with zero attached hydrogens (tertiary/aromatic N) is 3. The highest BCUT2D eigenvalue weighted by molar-refractivity contribution is 5.63. The Bertz CT molecular complexity index is 994. The fraction of sp³-hybridized carbons (Fsp3) is 0.333. The molecule has 29 heavy (non-hydrogen) atoms. The van der Waals surface area contributed by atoms with Gasteiger partial charge in [-0.05, 0) is 55.8 Å². The van der Waals surface area contributed by atoms with Gasteiger partial charge in [0.1, 0.15) is 5.75 Å². The molecule has 0 bridgehead atoms. The summed E-state index contributed by atoms with van der Waals surface area (Å²) >= 11 is 0. The first kappa shape index (κ1) is 19.4. The molecule has 0 spiro atoms. The van der Waals surface area contributed by atoms with E-state index in [0.717, 1.165) is 31.3 Å². The van der Waals surface area contributed by atoms with E-state index in [1.807, 2.05) is 18.2 Å². The molecule has 4 rings (SSSR count). The van der Waals surface area contributed by atoms with Crippen molar-refractivity contribution in [1.82, 2.24) is 20.1 Å². The zero-order valence-electron chi connectivity index (χ0n) is 16.0. The number of ether oxygens (including phenoxy) is 1. The third-order valence-corrected chi connectivity index (χ3v) is 5.05. The maximum atomic E-state index is 13.3. The molecule has 1 aromatic heterocycles. The van der Waals surface area contributed by atoms with Crippen LogP contribution in [-0.2, 0) is 12.7 Å². The molecule has 1 saturated heterocycles. The highest BCUT2D eigenvalue weighted by Gasteiger charge is 2.34. The summed E-state index contributed by atoms with van der Waals surface area (Å²) in [4.78, 5) is 6.82. The zero-order chi connectivity index (χ0) is 20.4. The standard InChI is InChI=1S/C21H21F3N4O/c1-29-18-8-7-16(12-17(18)21(22,23)24)20-25-19(26-27-20)15-6-4-5-14(11-15)13-28-9-2-3-10-28/h4-8,11-12H,2-3,9-10,13H2,1H3,(H,25,26,27). The van der Waals surface area contributed by atoms with Crippen LogP contribution in [0, 0.1) is 0 Å². The Kier molecular flexibility index (Phi) is 5.27. The molecule has 0 amide bonds. The fourth-order valence-corrected chi connectivity index (χ4v) is 3.60. The predicted octanol–water partition coefficient (Wildman–Crippen LogP) is 4.76. The van der Waals surface area contributed by atoms with Crippen molar-refractivity contribution in [2.45, 2.75) is 25.6 Å². The van der Waals surface area contributed by atoms with E-state index < -0.39 is 11.7 Å². The highest BCUT2D eigenvalue weighted by atomic mass is 19.4. The number of aromatic nitrogens is 3. The summed E-state index contributed by atoms with van der Waals surface area (Å²) in [6, 6.07) is 11.8. The van der Waals surface area contributed by atoms with E-state index in [4.69, 9.17) is 4.74 Å². The van der Waals surface area contributed by atoms with E-state index in [1.54, 1.807) is 0 Å². The summed E-state index contributed by atoms with van der Waals surface area (Å²) in [5.41, 5.74) is 1.45. The van der Waals surface area contributed by atoms with Crippen molar-refractivity contribution >= 4 is 0 Å². The number of H-pyrrole nitrogens is 1. The molecule has 2 heterocycles. The first-order chi connectivity index (χ1) is 13.9. The molecule has 2 aromatic carbocycles. The van der Waals surface area contributed by atoms with Crippen molar-refractivity contribution in [2.24, 2.45) is 0 Å². The molecule has 0 aliphatic carbocycles. The van der Waals surface area contributed by atoms with Gasteiger partial charge in [-0.2, -0.15) is 18.3 Å². The number of benzene rings is 2. The molecule has 1 fully saturated rings. The average Bonchev–Trinajstić information content (AvgIpc) is 3.39. The lowest BCUT2D eigenvalue weighted by molar-refractivity contribution is -0.138. The lowest BCUT2D eigenvalue weighted by Crippen LogP contribution is -2.18. The van der Waals surface area contributed by atoms with E-state index in [-0.39, 0.29) is 11.6 Å². The van der Waals surface area contributed by atoms with Crippen LogP contribution in [0.4, 0.5) is 13.2 Å². The third kappa shape index (κ3) is 4.27. The molecule has 0 unspecified atom stereocenters. The van der Waals surface area contributed by atoms with Crippen molar-refractivity contribution in [1.29, 1.82) is 0 Å². The molecule has 1 N–H and O–H groups in total. The lowest BCUT2D eigenvalue weighted by Gasteiger charge is -2.14. The summed E-state index contributed by atoms with van der Waals surface area (Å²) in [6.45, 7) is 3.08. The summed E-state index contributed by atoms with van der Waals surface area (Å²) in [7, 11) is 1.21. The van der Waals surface area contributed by atoms with Crippen LogP contribution in [0.2, 0.25) is 0 Å². The number of aromatic amines is 1. The number of hydrogen-bond acceptors (Lipinski definition) is 4. The van der Waals surface area contributed by atoms with E-state index in [1.165, 1.54) is 37.6 Å². The van der Waals surface area contributed by atoms with Crippen molar-refractivity contribution in [2.75, 3.05) is 20.2 Å². The summed E-state index contributed by atoms with van der Waals surface area (Å²) in [5.74, 6) is 0.501. The van der Waals surface area contributed by atoms with Crippen LogP contribution in [0.3, 0.4) is 0 Å². The van der Waals surface area contributed by atoms with Gasteiger partial charge in [-0.25, -0.2) is 4.98 Å². The minimum Gasteiger partial charge on any atom is -0.496 e. The molecular formula is C21H21F3N4O. The maximum absolute atomic E-state index is 13.3. The SMILES string of the molecule is COc1ccc(-c2nc(-c3cccc(CN4CCCC4)c3)n[nH]2)cc1C(F)(F)F. The topological polar surface area (TPSA) is 54.0 Å². The number of likely N-dealkylation sites (tertiary alicyclic amines) is 1. The minimum atomic E-state index is -4.52. The number of rotatable bonds is 5. The first-order valence-electron chi connectivity index (χ1n) is 9.44. The van der Waals surface area contributed by atoms with E-state index in [9.17, 15) is 13.2 Å². The fourth-order valence-electron chi connectivity index (χ4n) is 3.60. The molecule has 1 aliphatic rings. The molecule has 8 heteroatoms. The molecule has 3 aromatic rings. The van der Waals surface area contributed by atoms with Gasteiger partial charge in [0.05, 0.1) is 12.7 Å². The normalized spacial score (nSPS) is 15.0. The molecule has 1 aliphatic heterocycles. The average molecular weight is 402 g/mol. The Morgan fingerprint density at radius 3 is 2.59 bits per heavy atom. The molecule has 5 nitrogen and oxygen atoms in total. The van der Waals surface area contributed by atoms with Crippen LogP contribution < -0.4 is 4.74 Å². The summed E-state index contributed by atoms with van der Waals surface area (Å²) in [5, 5.41) is 6.96. The molecular weight excluding hydrogens is 381 g/mol. The van der Waals surface area contributed by atoms with Gasteiger partial charge >= 0.3 is 6.18 Å². The second kappa shape index (κ2) is 7.87. The van der Waals surface area contributed by atoms with Gasteiger partial charge in [0.25, 0.3) is 0 Å². The van der Waals surface area contributed by atoms with Crippen molar-refractivity contribution in [3.63, 3.8) is 0 Å². The smallest absolute Gasteiger partial charge is 0.419 e. The van der Waals surface area contributed by atoms with Crippen LogP contribution in [0.15, 0.2) is 42.5 Å². The summed E-state index contributed by atoms with van der Waals surface area (Å²) in [6.07, 6.45) is -2.06. The number of halogens is 3. The number of hydrogen-bond donors (Lipinski definition) is 1. The monoisotopic (exact) mass is 402 g/mol. The van der Waals surface area contributed by atoms with E-state index in [2.05, 4.69) is 26.1 Å². The van der Waals surface area contributed by atoms with Crippen molar-refractivity contribution < 1.29 is 17.9 Å². The largest absolute Gasteiger partial charge is 0.496 e. The van der Waals surface area contributed by atoms with Crippen molar-refractivity contribution in [3.8, 4) is 28.5 Å². The van der Waals surface area contributed by atoms with E-state index in [0.29, 0.717) is 11.4 Å². The maximum Gasteiger partial charge on any atom is 0.419 e. The molecule has 152 valence electrons. The van der Waals surface area contributed by atoms with Crippen LogP contribution in [0.5, 0.6) is 5.75 Å².